The fourth-order valence-corrected chi connectivity index (χ4v) is 1.57. The first-order chi connectivity index (χ1) is 7.27. The van der Waals surface area contributed by atoms with E-state index in [-0.39, 0.29) is 5.78 Å². The quantitative estimate of drug-likeness (QED) is 0.755. The van der Waals surface area contributed by atoms with E-state index in [9.17, 15) is 4.79 Å². The Morgan fingerprint density at radius 3 is 2.07 bits per heavy atom. The average molecular weight is 260 g/mol. The lowest BCUT2D eigenvalue weighted by atomic mass is 10.0. The Bertz CT molecular complexity index is 460. The lowest BCUT2D eigenvalue weighted by Crippen LogP contribution is -2.00. The lowest BCUT2D eigenvalue weighted by molar-refractivity contribution is 0.103. The Balaban J connectivity index is 2.33. The van der Waals surface area contributed by atoms with Gasteiger partial charge in [-0.25, -0.2) is 0 Å². The van der Waals surface area contributed by atoms with Crippen molar-refractivity contribution in [2.75, 3.05) is 0 Å². The third-order valence-electron chi connectivity index (χ3n) is 2.09. The Labute approximate surface area is 96.9 Å². The van der Waals surface area contributed by atoms with Crippen molar-refractivity contribution in [2.45, 2.75) is 0 Å². The summed E-state index contributed by atoms with van der Waals surface area (Å²) in [6, 6.07) is 17.3. The van der Waals surface area contributed by atoms with Crippen LogP contribution in [0.3, 0.4) is 0 Å². The number of hydrogen-bond acceptors (Lipinski definition) is 1. The summed E-state index contributed by atoms with van der Waals surface area (Å²) >= 11 is 3.33. The summed E-state index contributed by atoms with van der Waals surface area (Å²) in [5, 5.41) is 0. The highest BCUT2D eigenvalue weighted by molar-refractivity contribution is 9.10. The molecule has 2 aromatic rings. The van der Waals surface area contributed by atoms with Gasteiger partial charge in [-0.05, 0) is 30.3 Å². The third kappa shape index (κ3) is 2.34. The van der Waals surface area contributed by atoms with Crippen molar-refractivity contribution < 1.29 is 4.79 Å². The molecule has 1 nitrogen and oxygen atoms in total. The minimum absolute atomic E-state index is 0.0384. The van der Waals surface area contributed by atoms with Gasteiger partial charge in [0.1, 0.15) is 0 Å². The smallest absolute Gasteiger partial charge is 0.193 e. The Morgan fingerprint density at radius 1 is 0.933 bits per heavy atom. The average Bonchev–Trinajstić information content (AvgIpc) is 2.30. The van der Waals surface area contributed by atoms with Crippen molar-refractivity contribution in [2.24, 2.45) is 0 Å². The number of carbonyl (C=O) groups is 1. The van der Waals surface area contributed by atoms with E-state index in [4.69, 9.17) is 0 Å². The molecule has 0 N–H and O–H groups in total. The second-order valence-corrected chi connectivity index (χ2v) is 4.04. The van der Waals surface area contributed by atoms with E-state index in [1.165, 1.54) is 0 Å². The molecule has 0 heterocycles. The number of rotatable bonds is 2. The second kappa shape index (κ2) is 4.41. The van der Waals surface area contributed by atoms with Gasteiger partial charge in [0.05, 0.1) is 0 Å². The maximum Gasteiger partial charge on any atom is 0.193 e. The molecule has 0 bridgehead atoms. The molecule has 2 heteroatoms. The monoisotopic (exact) mass is 259 g/mol. The number of benzene rings is 2. The summed E-state index contributed by atoms with van der Waals surface area (Å²) in [6.07, 6.45) is 0. The molecule has 0 saturated heterocycles. The van der Waals surface area contributed by atoms with E-state index in [0.29, 0.717) is 11.1 Å². The standard InChI is InChI=1S/C13H8BrO/c14-12-8-6-11(7-9-12)13(15)10-4-2-1-3-5-10/h2-9H. The van der Waals surface area contributed by atoms with Gasteiger partial charge >= 0.3 is 0 Å². The maximum atomic E-state index is 11.9. The highest BCUT2D eigenvalue weighted by Crippen LogP contribution is 2.13. The molecule has 0 saturated carbocycles. The van der Waals surface area contributed by atoms with Crippen LogP contribution in [-0.4, -0.2) is 5.78 Å². The molecule has 0 aliphatic rings. The van der Waals surface area contributed by atoms with Crippen molar-refractivity contribution in [1.29, 1.82) is 0 Å². The molecule has 73 valence electrons. The summed E-state index contributed by atoms with van der Waals surface area (Å²) < 4.78 is 0.973. The first-order valence-corrected chi connectivity index (χ1v) is 5.33. The van der Waals surface area contributed by atoms with Gasteiger partial charge in [-0.1, -0.05) is 40.2 Å². The van der Waals surface area contributed by atoms with Crippen molar-refractivity contribution in [3.8, 4) is 0 Å². The van der Waals surface area contributed by atoms with Gasteiger partial charge in [0.25, 0.3) is 0 Å². The molecule has 0 amide bonds. The van der Waals surface area contributed by atoms with Crippen LogP contribution in [0.1, 0.15) is 15.9 Å². The number of hydrogen-bond donors (Lipinski definition) is 0. The summed E-state index contributed by atoms with van der Waals surface area (Å²) in [5.41, 5.74) is 1.39. The molecular weight excluding hydrogens is 252 g/mol. The van der Waals surface area contributed by atoms with E-state index < -0.39 is 0 Å². The van der Waals surface area contributed by atoms with Crippen LogP contribution in [0.4, 0.5) is 0 Å². The second-order valence-electron chi connectivity index (χ2n) is 3.12. The molecular formula is C13H8BrO. The lowest BCUT2D eigenvalue weighted by Gasteiger charge is -2.00. The molecule has 0 atom stereocenters. The van der Waals surface area contributed by atoms with Gasteiger partial charge in [-0.15, -0.1) is 0 Å². The number of halogens is 1. The Kier molecular flexibility index (Phi) is 2.97. The zero-order valence-corrected chi connectivity index (χ0v) is 9.49. The fourth-order valence-electron chi connectivity index (χ4n) is 1.31. The molecule has 15 heavy (non-hydrogen) atoms. The number of carbonyl (C=O) groups excluding carboxylic acids is 1. The van der Waals surface area contributed by atoms with Crippen molar-refractivity contribution in [3.05, 3.63) is 70.2 Å². The third-order valence-corrected chi connectivity index (χ3v) is 2.62. The molecule has 0 unspecified atom stereocenters. The van der Waals surface area contributed by atoms with E-state index >= 15 is 0 Å². The van der Waals surface area contributed by atoms with E-state index in [2.05, 4.69) is 22.0 Å². The van der Waals surface area contributed by atoms with E-state index in [1.807, 2.05) is 24.3 Å². The van der Waals surface area contributed by atoms with Gasteiger partial charge in [0, 0.05) is 15.6 Å². The van der Waals surface area contributed by atoms with Gasteiger partial charge in [-0.3, -0.25) is 4.79 Å². The summed E-state index contributed by atoms with van der Waals surface area (Å²) in [6.45, 7) is 0. The predicted molar refractivity (Wildman–Crippen MR) is 62.9 cm³/mol. The molecule has 0 aliphatic carbocycles. The van der Waals surface area contributed by atoms with Gasteiger partial charge in [0.2, 0.25) is 0 Å². The summed E-state index contributed by atoms with van der Waals surface area (Å²) in [4.78, 5) is 11.9. The van der Waals surface area contributed by atoms with Crippen LogP contribution >= 0.6 is 15.9 Å². The van der Waals surface area contributed by atoms with Gasteiger partial charge < -0.3 is 0 Å². The first-order valence-electron chi connectivity index (χ1n) is 4.54. The van der Waals surface area contributed by atoms with Crippen molar-refractivity contribution in [1.82, 2.24) is 0 Å². The molecule has 0 fully saturated rings. The summed E-state index contributed by atoms with van der Waals surface area (Å²) in [7, 11) is 0. The van der Waals surface area contributed by atoms with Crippen molar-refractivity contribution in [3.63, 3.8) is 0 Å². The minimum atomic E-state index is 0.0384. The topological polar surface area (TPSA) is 17.1 Å². The van der Waals surface area contributed by atoms with Crippen LogP contribution in [0.15, 0.2) is 53.0 Å². The van der Waals surface area contributed by atoms with E-state index in [0.717, 1.165) is 4.47 Å². The van der Waals surface area contributed by atoms with Gasteiger partial charge in [-0.2, -0.15) is 0 Å². The highest BCUT2D eigenvalue weighted by Gasteiger charge is 2.07. The van der Waals surface area contributed by atoms with E-state index in [1.54, 1.807) is 24.3 Å². The zero-order valence-electron chi connectivity index (χ0n) is 7.91. The van der Waals surface area contributed by atoms with Crippen LogP contribution in [0.5, 0.6) is 0 Å². The van der Waals surface area contributed by atoms with Crippen LogP contribution in [0.25, 0.3) is 0 Å². The maximum absolute atomic E-state index is 11.9. The predicted octanol–water partition coefficient (Wildman–Crippen LogP) is 3.48. The van der Waals surface area contributed by atoms with Crippen LogP contribution in [0.2, 0.25) is 0 Å². The molecule has 2 rings (SSSR count). The van der Waals surface area contributed by atoms with Crippen LogP contribution in [0, 0.1) is 6.07 Å². The first kappa shape index (κ1) is 10.1. The highest BCUT2D eigenvalue weighted by atomic mass is 79.9. The molecule has 0 aromatic heterocycles. The zero-order chi connectivity index (χ0) is 10.7. The fraction of sp³-hybridized carbons (Fsp3) is 0. The molecule has 2 aromatic carbocycles. The Morgan fingerprint density at radius 2 is 1.47 bits per heavy atom. The Hall–Kier alpha value is -1.41. The van der Waals surface area contributed by atoms with Crippen LogP contribution in [-0.2, 0) is 0 Å². The SMILES string of the molecule is O=C(c1cc[c]cc1)c1ccc(Br)cc1. The van der Waals surface area contributed by atoms with Crippen LogP contribution < -0.4 is 0 Å². The molecule has 1 radical (unpaired) electrons. The van der Waals surface area contributed by atoms with Crippen molar-refractivity contribution >= 4 is 21.7 Å². The number of ketones is 1. The largest absolute Gasteiger partial charge is 0.289 e. The molecule has 0 aliphatic heterocycles. The normalized spacial score (nSPS) is 9.93. The molecule has 0 spiro atoms. The summed E-state index contributed by atoms with van der Waals surface area (Å²) in [5.74, 6) is 0.0384. The van der Waals surface area contributed by atoms with Gasteiger partial charge in [0.15, 0.2) is 5.78 Å². The minimum Gasteiger partial charge on any atom is -0.289 e.